The SMILES string of the molecule is COc1cccc(SC=CC(=O)O)c1. The topological polar surface area (TPSA) is 46.5 Å². The number of carbonyl (C=O) groups is 1. The van der Waals surface area contributed by atoms with Crippen LogP contribution in [0.1, 0.15) is 0 Å². The van der Waals surface area contributed by atoms with Crippen LogP contribution in [0.2, 0.25) is 0 Å². The molecule has 0 fully saturated rings. The Labute approximate surface area is 86.4 Å². The van der Waals surface area contributed by atoms with Crippen LogP contribution in [0.3, 0.4) is 0 Å². The van der Waals surface area contributed by atoms with Crippen molar-refractivity contribution in [2.24, 2.45) is 0 Å². The van der Waals surface area contributed by atoms with E-state index in [-0.39, 0.29) is 0 Å². The van der Waals surface area contributed by atoms with Gasteiger partial charge in [0.15, 0.2) is 0 Å². The van der Waals surface area contributed by atoms with Gasteiger partial charge in [-0.1, -0.05) is 17.8 Å². The molecule has 3 nitrogen and oxygen atoms in total. The van der Waals surface area contributed by atoms with E-state index >= 15 is 0 Å². The highest BCUT2D eigenvalue weighted by atomic mass is 32.2. The lowest BCUT2D eigenvalue weighted by atomic mass is 10.3. The third-order valence-corrected chi connectivity index (χ3v) is 2.25. The van der Waals surface area contributed by atoms with Gasteiger partial charge < -0.3 is 9.84 Å². The van der Waals surface area contributed by atoms with E-state index < -0.39 is 5.97 Å². The molecule has 0 aromatic heterocycles. The number of benzene rings is 1. The second kappa shape index (κ2) is 5.34. The summed E-state index contributed by atoms with van der Waals surface area (Å²) in [6.07, 6.45) is 1.10. The van der Waals surface area contributed by atoms with Crippen molar-refractivity contribution >= 4 is 17.7 Å². The van der Waals surface area contributed by atoms with Gasteiger partial charge in [-0.05, 0) is 23.6 Å². The quantitative estimate of drug-likeness (QED) is 0.612. The molecule has 0 aliphatic carbocycles. The van der Waals surface area contributed by atoms with Gasteiger partial charge in [0.2, 0.25) is 0 Å². The van der Waals surface area contributed by atoms with Gasteiger partial charge in [-0.3, -0.25) is 0 Å². The van der Waals surface area contributed by atoms with E-state index in [1.165, 1.54) is 17.2 Å². The Balaban J connectivity index is 2.63. The summed E-state index contributed by atoms with van der Waals surface area (Å²) in [6.45, 7) is 0. The van der Waals surface area contributed by atoms with Crippen molar-refractivity contribution in [3.05, 3.63) is 35.7 Å². The zero-order chi connectivity index (χ0) is 10.4. The van der Waals surface area contributed by atoms with Crippen molar-refractivity contribution in [3.8, 4) is 5.75 Å². The molecule has 0 amide bonds. The molecule has 0 saturated carbocycles. The molecule has 1 aromatic carbocycles. The molecule has 4 heteroatoms. The molecule has 1 aromatic rings. The monoisotopic (exact) mass is 210 g/mol. The van der Waals surface area contributed by atoms with Gasteiger partial charge in [0.25, 0.3) is 0 Å². The molecule has 0 radical (unpaired) electrons. The third-order valence-electron chi connectivity index (χ3n) is 1.46. The van der Waals surface area contributed by atoms with Crippen LogP contribution >= 0.6 is 11.8 Å². The van der Waals surface area contributed by atoms with Gasteiger partial charge >= 0.3 is 5.97 Å². The molecule has 0 spiro atoms. The standard InChI is InChI=1S/C10H10O3S/c1-13-8-3-2-4-9(7-8)14-6-5-10(11)12/h2-7H,1H3,(H,11,12). The van der Waals surface area contributed by atoms with E-state index in [2.05, 4.69) is 0 Å². The second-order valence-electron chi connectivity index (χ2n) is 2.44. The lowest BCUT2D eigenvalue weighted by molar-refractivity contribution is -0.131. The van der Waals surface area contributed by atoms with Crippen molar-refractivity contribution in [1.29, 1.82) is 0 Å². The van der Waals surface area contributed by atoms with Crippen molar-refractivity contribution in [3.63, 3.8) is 0 Å². The Morgan fingerprint density at radius 1 is 1.57 bits per heavy atom. The molecule has 0 bridgehead atoms. The Morgan fingerprint density at radius 3 is 3.00 bits per heavy atom. The fourth-order valence-corrected chi connectivity index (χ4v) is 1.53. The minimum atomic E-state index is -0.944. The maximum atomic E-state index is 10.2. The summed E-state index contributed by atoms with van der Waals surface area (Å²) in [5.74, 6) is -0.181. The summed E-state index contributed by atoms with van der Waals surface area (Å²) in [4.78, 5) is 11.1. The van der Waals surface area contributed by atoms with E-state index in [0.29, 0.717) is 0 Å². The van der Waals surface area contributed by atoms with Gasteiger partial charge in [0.05, 0.1) is 7.11 Å². The molecule has 0 aliphatic rings. The van der Waals surface area contributed by atoms with Gasteiger partial charge in [0.1, 0.15) is 5.75 Å². The Hall–Kier alpha value is -1.42. The number of hydrogen-bond acceptors (Lipinski definition) is 3. The van der Waals surface area contributed by atoms with E-state index in [4.69, 9.17) is 9.84 Å². The first-order chi connectivity index (χ1) is 6.72. The largest absolute Gasteiger partial charge is 0.497 e. The molecule has 74 valence electrons. The number of carboxylic acids is 1. The number of rotatable bonds is 4. The number of thioether (sulfide) groups is 1. The number of methoxy groups -OCH3 is 1. The molecule has 0 unspecified atom stereocenters. The fourth-order valence-electron chi connectivity index (χ4n) is 0.845. The maximum absolute atomic E-state index is 10.2. The van der Waals surface area contributed by atoms with Crippen molar-refractivity contribution < 1.29 is 14.6 Å². The summed E-state index contributed by atoms with van der Waals surface area (Å²) in [6, 6.07) is 7.43. The first kappa shape index (κ1) is 10.7. The smallest absolute Gasteiger partial charge is 0.328 e. The van der Waals surface area contributed by atoms with Gasteiger partial charge in [-0.2, -0.15) is 0 Å². The van der Waals surface area contributed by atoms with Crippen LogP contribution in [0, 0.1) is 0 Å². The highest BCUT2D eigenvalue weighted by molar-refractivity contribution is 8.02. The Kier molecular flexibility index (Phi) is 4.07. The average molecular weight is 210 g/mol. The molecule has 0 atom stereocenters. The molecular weight excluding hydrogens is 200 g/mol. The predicted molar refractivity (Wildman–Crippen MR) is 55.6 cm³/mol. The van der Waals surface area contributed by atoms with Crippen molar-refractivity contribution in [2.75, 3.05) is 7.11 Å². The van der Waals surface area contributed by atoms with Gasteiger partial charge in [-0.15, -0.1) is 0 Å². The van der Waals surface area contributed by atoms with Crippen molar-refractivity contribution in [1.82, 2.24) is 0 Å². The summed E-state index contributed by atoms with van der Waals surface area (Å²) in [7, 11) is 1.59. The van der Waals surface area contributed by atoms with Gasteiger partial charge in [0, 0.05) is 11.0 Å². The molecule has 1 N–H and O–H groups in total. The van der Waals surface area contributed by atoms with Crippen LogP contribution in [0.25, 0.3) is 0 Å². The predicted octanol–water partition coefficient (Wildman–Crippen LogP) is 2.39. The molecule has 1 rings (SSSR count). The third kappa shape index (κ3) is 3.53. The second-order valence-corrected chi connectivity index (χ2v) is 3.42. The molecular formula is C10H10O3S. The van der Waals surface area contributed by atoms with E-state index in [1.54, 1.807) is 7.11 Å². The van der Waals surface area contributed by atoms with E-state index in [9.17, 15) is 4.79 Å². The Morgan fingerprint density at radius 2 is 2.36 bits per heavy atom. The summed E-state index contributed by atoms with van der Waals surface area (Å²) >= 11 is 1.34. The first-order valence-corrected chi connectivity index (χ1v) is 4.80. The summed E-state index contributed by atoms with van der Waals surface area (Å²) in [5.41, 5.74) is 0. The summed E-state index contributed by atoms with van der Waals surface area (Å²) in [5, 5.41) is 9.89. The minimum absolute atomic E-state index is 0.763. The molecule has 0 saturated heterocycles. The van der Waals surface area contributed by atoms with Crippen molar-refractivity contribution in [2.45, 2.75) is 4.90 Å². The summed E-state index contributed by atoms with van der Waals surface area (Å²) < 4.78 is 5.03. The highest BCUT2D eigenvalue weighted by Crippen LogP contribution is 2.23. The molecule has 14 heavy (non-hydrogen) atoms. The van der Waals surface area contributed by atoms with Crippen LogP contribution in [-0.2, 0) is 4.79 Å². The zero-order valence-corrected chi connectivity index (χ0v) is 8.45. The van der Waals surface area contributed by atoms with Gasteiger partial charge in [-0.25, -0.2) is 4.79 Å². The Bertz CT molecular complexity index is 347. The van der Waals surface area contributed by atoms with E-state index in [0.717, 1.165) is 16.7 Å². The molecule has 0 aliphatic heterocycles. The lowest BCUT2D eigenvalue weighted by Gasteiger charge is -2.00. The minimum Gasteiger partial charge on any atom is -0.497 e. The number of aliphatic carboxylic acids is 1. The van der Waals surface area contributed by atoms with Crippen LogP contribution in [0.4, 0.5) is 0 Å². The molecule has 0 heterocycles. The van der Waals surface area contributed by atoms with Crippen LogP contribution in [0.15, 0.2) is 40.6 Å². The number of ether oxygens (including phenoxy) is 1. The van der Waals surface area contributed by atoms with Crippen LogP contribution in [0.5, 0.6) is 5.75 Å². The highest BCUT2D eigenvalue weighted by Gasteiger charge is 1.94. The average Bonchev–Trinajstić information content (AvgIpc) is 2.18. The number of carboxylic acid groups (broad SMARTS) is 1. The van der Waals surface area contributed by atoms with Crippen LogP contribution < -0.4 is 4.74 Å². The first-order valence-electron chi connectivity index (χ1n) is 3.92. The van der Waals surface area contributed by atoms with E-state index in [1.807, 2.05) is 24.3 Å². The number of hydrogen-bond donors (Lipinski definition) is 1. The normalized spacial score (nSPS) is 10.4. The maximum Gasteiger partial charge on any atom is 0.328 e. The van der Waals surface area contributed by atoms with Crippen LogP contribution in [-0.4, -0.2) is 18.2 Å². The zero-order valence-electron chi connectivity index (χ0n) is 7.64. The lowest BCUT2D eigenvalue weighted by Crippen LogP contribution is -1.84. The fraction of sp³-hybridized carbons (Fsp3) is 0.100.